The van der Waals surface area contributed by atoms with Crippen molar-refractivity contribution in [2.45, 2.75) is 4.90 Å². The summed E-state index contributed by atoms with van der Waals surface area (Å²) in [5.41, 5.74) is 4.79. The molecule has 0 saturated heterocycles. The summed E-state index contributed by atoms with van der Waals surface area (Å²) in [5.74, 6) is 0.440. The first-order valence-corrected chi connectivity index (χ1v) is 7.37. The van der Waals surface area contributed by atoms with E-state index in [4.69, 9.17) is 14.7 Å². The highest BCUT2D eigenvalue weighted by atomic mass is 32.2. The van der Waals surface area contributed by atoms with Crippen molar-refractivity contribution in [2.75, 3.05) is 12.8 Å². The number of ether oxygens (including phenoxy) is 1. The molecule has 2 N–H and O–H groups in total. The lowest BCUT2D eigenvalue weighted by Gasteiger charge is -2.08. The molecule has 8 nitrogen and oxygen atoms in total. The van der Waals surface area contributed by atoms with Crippen LogP contribution in [-0.4, -0.2) is 20.5 Å². The Kier molecular flexibility index (Phi) is 4.18. The number of anilines is 1. The van der Waals surface area contributed by atoms with Gasteiger partial charge in [-0.25, -0.2) is 0 Å². The van der Waals surface area contributed by atoms with Gasteiger partial charge in [-0.15, -0.1) is 0 Å². The molecule has 0 saturated carbocycles. The van der Waals surface area contributed by atoms with E-state index in [0.29, 0.717) is 5.75 Å². The van der Waals surface area contributed by atoms with E-state index < -0.39 is 20.7 Å². The molecule has 0 bridgehead atoms. The van der Waals surface area contributed by atoms with E-state index in [-0.39, 0.29) is 16.3 Å². The maximum atomic E-state index is 12.2. The van der Waals surface area contributed by atoms with E-state index in [0.717, 1.165) is 18.2 Å². The molecule has 0 fully saturated rings. The molecule has 0 spiro atoms. The number of methoxy groups -OCH3 is 1. The lowest BCUT2D eigenvalue weighted by Crippen LogP contribution is -2.10. The monoisotopic (exact) mass is 324 g/mol. The molecule has 22 heavy (non-hydrogen) atoms. The molecular weight excluding hydrogens is 312 g/mol. The maximum Gasteiger partial charge on any atom is 0.339 e. The maximum absolute atomic E-state index is 12.2. The highest BCUT2D eigenvalue weighted by Gasteiger charge is 2.22. The zero-order valence-electron chi connectivity index (χ0n) is 11.4. The van der Waals surface area contributed by atoms with Crippen LogP contribution in [0.2, 0.25) is 0 Å². The number of nitro benzene ring substituents is 1. The topological polar surface area (TPSA) is 122 Å². The number of nitrogens with two attached hydrogens (primary N) is 1. The fourth-order valence-corrected chi connectivity index (χ4v) is 2.61. The van der Waals surface area contributed by atoms with E-state index in [1.165, 1.54) is 19.2 Å². The van der Waals surface area contributed by atoms with Gasteiger partial charge < -0.3 is 14.7 Å². The normalized spacial score (nSPS) is 11.0. The SMILES string of the molecule is COc1cccc(OS(=O)(=O)c2ccc(N)c([N+](=O)[O-])c2)c1. The third kappa shape index (κ3) is 3.26. The summed E-state index contributed by atoms with van der Waals surface area (Å²) >= 11 is 0. The molecule has 0 heterocycles. The number of nitro groups is 1. The number of benzene rings is 2. The van der Waals surface area contributed by atoms with Crippen LogP contribution in [0.25, 0.3) is 0 Å². The fourth-order valence-electron chi connectivity index (χ4n) is 1.66. The van der Waals surface area contributed by atoms with Gasteiger partial charge in [0.25, 0.3) is 5.69 Å². The molecule has 9 heteroatoms. The van der Waals surface area contributed by atoms with Crippen LogP contribution < -0.4 is 14.7 Å². The van der Waals surface area contributed by atoms with E-state index in [9.17, 15) is 18.5 Å². The zero-order valence-corrected chi connectivity index (χ0v) is 12.2. The standard InChI is InChI=1S/C13H12N2O6S/c1-20-9-3-2-4-10(7-9)21-22(18,19)11-5-6-12(14)13(8-11)15(16)17/h2-8H,14H2,1H3. The number of nitrogen functional groups attached to an aromatic ring is 1. The Morgan fingerprint density at radius 2 is 1.82 bits per heavy atom. The van der Waals surface area contributed by atoms with Crippen LogP contribution in [0.1, 0.15) is 0 Å². The molecule has 0 atom stereocenters. The van der Waals surface area contributed by atoms with Crippen LogP contribution in [-0.2, 0) is 10.1 Å². The number of rotatable bonds is 5. The Bertz CT molecular complexity index is 819. The minimum Gasteiger partial charge on any atom is -0.497 e. The predicted octanol–water partition coefficient (Wildman–Crippen LogP) is 1.95. The van der Waals surface area contributed by atoms with Crippen molar-refractivity contribution < 1.29 is 22.3 Å². The van der Waals surface area contributed by atoms with Crippen molar-refractivity contribution in [1.29, 1.82) is 0 Å². The predicted molar refractivity (Wildman–Crippen MR) is 78.3 cm³/mol. The summed E-state index contributed by atoms with van der Waals surface area (Å²) in [7, 11) is -2.80. The van der Waals surface area contributed by atoms with Crippen LogP contribution in [0.3, 0.4) is 0 Å². The second-order valence-electron chi connectivity index (χ2n) is 4.19. The first-order valence-electron chi connectivity index (χ1n) is 5.96. The van der Waals surface area contributed by atoms with Crippen molar-refractivity contribution in [3.8, 4) is 11.5 Å². The summed E-state index contributed by atoms with van der Waals surface area (Å²) in [5, 5.41) is 10.8. The first-order chi connectivity index (χ1) is 10.3. The van der Waals surface area contributed by atoms with Gasteiger partial charge in [0, 0.05) is 12.1 Å². The van der Waals surface area contributed by atoms with Gasteiger partial charge in [0.15, 0.2) is 0 Å². The Morgan fingerprint density at radius 3 is 2.45 bits per heavy atom. The Hall–Kier alpha value is -2.81. The minimum absolute atomic E-state index is 0.0267. The molecule has 0 aliphatic heterocycles. The van der Waals surface area contributed by atoms with Crippen LogP contribution in [0, 0.1) is 10.1 Å². The average Bonchev–Trinajstić information content (AvgIpc) is 2.46. The Labute approximate surface area is 126 Å². The quantitative estimate of drug-likeness (QED) is 0.386. The zero-order chi connectivity index (χ0) is 16.3. The molecule has 0 amide bonds. The van der Waals surface area contributed by atoms with Crippen molar-refractivity contribution in [3.63, 3.8) is 0 Å². The molecule has 2 aromatic carbocycles. The third-order valence-corrected chi connectivity index (χ3v) is 3.98. The van der Waals surface area contributed by atoms with Gasteiger partial charge >= 0.3 is 10.1 Å². The third-order valence-electron chi connectivity index (χ3n) is 2.73. The Morgan fingerprint density at radius 1 is 1.14 bits per heavy atom. The van der Waals surface area contributed by atoms with Crippen LogP contribution in [0.15, 0.2) is 47.4 Å². The van der Waals surface area contributed by atoms with Crippen LogP contribution in [0.5, 0.6) is 11.5 Å². The lowest BCUT2D eigenvalue weighted by molar-refractivity contribution is -0.384. The molecule has 0 unspecified atom stereocenters. The first kappa shape index (κ1) is 15.6. The van der Waals surface area contributed by atoms with E-state index in [1.54, 1.807) is 12.1 Å². The second-order valence-corrected chi connectivity index (χ2v) is 5.74. The molecule has 2 aromatic rings. The van der Waals surface area contributed by atoms with Gasteiger partial charge in [-0.1, -0.05) is 6.07 Å². The van der Waals surface area contributed by atoms with Crippen molar-refractivity contribution >= 4 is 21.5 Å². The van der Waals surface area contributed by atoms with Gasteiger partial charge in [0.05, 0.1) is 12.0 Å². The summed E-state index contributed by atoms with van der Waals surface area (Å²) in [6, 6.07) is 9.10. The summed E-state index contributed by atoms with van der Waals surface area (Å²) in [4.78, 5) is 9.69. The van der Waals surface area contributed by atoms with Gasteiger partial charge in [-0.2, -0.15) is 8.42 Å². The van der Waals surface area contributed by atoms with E-state index in [1.807, 2.05) is 0 Å². The molecule has 2 rings (SSSR count). The smallest absolute Gasteiger partial charge is 0.339 e. The second kappa shape index (κ2) is 5.90. The molecule has 116 valence electrons. The number of hydrogen-bond donors (Lipinski definition) is 1. The van der Waals surface area contributed by atoms with Crippen molar-refractivity contribution in [1.82, 2.24) is 0 Å². The van der Waals surface area contributed by atoms with Crippen LogP contribution in [0.4, 0.5) is 11.4 Å². The molecule has 0 aliphatic carbocycles. The summed E-state index contributed by atoms with van der Waals surface area (Å²) < 4.78 is 34.2. The van der Waals surface area contributed by atoms with Gasteiger partial charge in [0.2, 0.25) is 0 Å². The van der Waals surface area contributed by atoms with E-state index >= 15 is 0 Å². The number of nitrogens with zero attached hydrogens (tertiary/aromatic N) is 1. The van der Waals surface area contributed by atoms with Crippen molar-refractivity contribution in [2.24, 2.45) is 0 Å². The molecule has 0 radical (unpaired) electrons. The van der Waals surface area contributed by atoms with Gasteiger partial charge in [-0.3, -0.25) is 10.1 Å². The highest BCUT2D eigenvalue weighted by Crippen LogP contribution is 2.27. The van der Waals surface area contributed by atoms with E-state index in [2.05, 4.69) is 0 Å². The fraction of sp³-hybridized carbons (Fsp3) is 0.0769. The minimum atomic E-state index is -4.23. The molecule has 0 aromatic heterocycles. The summed E-state index contributed by atoms with van der Waals surface area (Å²) in [6.45, 7) is 0. The average molecular weight is 324 g/mol. The van der Waals surface area contributed by atoms with Crippen LogP contribution >= 0.6 is 0 Å². The largest absolute Gasteiger partial charge is 0.497 e. The van der Waals surface area contributed by atoms with Gasteiger partial charge in [0.1, 0.15) is 22.1 Å². The molecular formula is C13H12N2O6S. The molecule has 0 aliphatic rings. The summed E-state index contributed by atoms with van der Waals surface area (Å²) in [6.07, 6.45) is 0. The van der Waals surface area contributed by atoms with Gasteiger partial charge in [-0.05, 0) is 24.3 Å². The highest BCUT2D eigenvalue weighted by molar-refractivity contribution is 7.87. The lowest BCUT2D eigenvalue weighted by atomic mass is 10.3. The number of hydrogen-bond acceptors (Lipinski definition) is 7. The van der Waals surface area contributed by atoms with Crippen molar-refractivity contribution in [3.05, 3.63) is 52.6 Å². The Balaban J connectivity index is 2.38.